The fourth-order valence-corrected chi connectivity index (χ4v) is 3.03. The first-order valence-electron chi connectivity index (χ1n) is 8.19. The van der Waals surface area contributed by atoms with Crippen LogP contribution in [0.15, 0.2) is 28.8 Å². The van der Waals surface area contributed by atoms with Crippen molar-refractivity contribution < 1.29 is 18.8 Å². The van der Waals surface area contributed by atoms with Crippen molar-refractivity contribution in [1.29, 1.82) is 0 Å². The number of methoxy groups -OCH3 is 1. The van der Waals surface area contributed by atoms with Gasteiger partial charge in [-0.2, -0.15) is 0 Å². The van der Waals surface area contributed by atoms with Gasteiger partial charge >= 0.3 is 0 Å². The summed E-state index contributed by atoms with van der Waals surface area (Å²) < 4.78 is 10.3. The monoisotopic (exact) mass is 343 g/mol. The molecule has 0 radical (unpaired) electrons. The fourth-order valence-electron chi connectivity index (χ4n) is 3.03. The Morgan fingerprint density at radius 1 is 1.32 bits per heavy atom. The van der Waals surface area contributed by atoms with E-state index in [9.17, 15) is 9.59 Å². The summed E-state index contributed by atoms with van der Waals surface area (Å²) in [5.41, 5.74) is 1.84. The van der Waals surface area contributed by atoms with Crippen LogP contribution in [0.3, 0.4) is 0 Å². The highest BCUT2D eigenvalue weighted by molar-refractivity contribution is 6.01. The number of hydrogen-bond donors (Lipinski definition) is 1. The summed E-state index contributed by atoms with van der Waals surface area (Å²) in [6, 6.07) is 6.61. The molecule has 0 spiro atoms. The highest BCUT2D eigenvalue weighted by Crippen LogP contribution is 2.27. The maximum Gasteiger partial charge on any atom is 0.276 e. The number of ether oxygens (including phenoxy) is 1. The molecule has 1 unspecified atom stereocenters. The number of nitrogens with one attached hydrogen (secondary N) is 1. The summed E-state index contributed by atoms with van der Waals surface area (Å²) >= 11 is 0. The van der Waals surface area contributed by atoms with Gasteiger partial charge in [0, 0.05) is 12.6 Å². The van der Waals surface area contributed by atoms with Crippen LogP contribution in [0, 0.1) is 13.8 Å². The van der Waals surface area contributed by atoms with E-state index in [0.29, 0.717) is 30.2 Å². The smallest absolute Gasteiger partial charge is 0.276 e. The summed E-state index contributed by atoms with van der Waals surface area (Å²) in [5.74, 6) is 0.635. The summed E-state index contributed by atoms with van der Waals surface area (Å²) in [4.78, 5) is 26.9. The predicted molar refractivity (Wildman–Crippen MR) is 91.7 cm³/mol. The summed E-state index contributed by atoms with van der Waals surface area (Å²) in [5, 5.41) is 6.64. The highest BCUT2D eigenvalue weighted by Gasteiger charge is 2.36. The van der Waals surface area contributed by atoms with Crippen LogP contribution in [0.2, 0.25) is 0 Å². The quantitative estimate of drug-likeness (QED) is 0.922. The Kier molecular flexibility index (Phi) is 4.74. The van der Waals surface area contributed by atoms with Gasteiger partial charge in [0.05, 0.1) is 12.8 Å². The molecule has 2 heterocycles. The largest absolute Gasteiger partial charge is 0.495 e. The van der Waals surface area contributed by atoms with Crippen molar-refractivity contribution in [2.24, 2.45) is 0 Å². The van der Waals surface area contributed by atoms with Gasteiger partial charge in [-0.05, 0) is 44.4 Å². The summed E-state index contributed by atoms with van der Waals surface area (Å²) in [6.07, 6.45) is 1.38. The molecule has 3 rings (SSSR count). The number of nitrogens with zero attached hydrogens (tertiary/aromatic N) is 2. The Morgan fingerprint density at radius 3 is 2.80 bits per heavy atom. The number of anilines is 1. The molecule has 132 valence electrons. The highest BCUT2D eigenvalue weighted by atomic mass is 16.5. The van der Waals surface area contributed by atoms with Crippen LogP contribution in [0.4, 0.5) is 5.69 Å². The topological polar surface area (TPSA) is 84.7 Å². The molecule has 1 aromatic carbocycles. The van der Waals surface area contributed by atoms with Gasteiger partial charge in [-0.3, -0.25) is 9.59 Å². The third-order valence-corrected chi connectivity index (χ3v) is 4.28. The lowest BCUT2D eigenvalue weighted by molar-refractivity contribution is -0.119. The third kappa shape index (κ3) is 3.50. The van der Waals surface area contributed by atoms with Crippen LogP contribution in [0.25, 0.3) is 0 Å². The van der Waals surface area contributed by atoms with Crippen molar-refractivity contribution in [3.05, 3.63) is 41.3 Å². The summed E-state index contributed by atoms with van der Waals surface area (Å²) in [6.45, 7) is 4.18. The van der Waals surface area contributed by atoms with E-state index in [0.717, 1.165) is 12.0 Å². The zero-order valence-corrected chi connectivity index (χ0v) is 14.5. The summed E-state index contributed by atoms with van der Waals surface area (Å²) in [7, 11) is 1.55. The molecule has 2 amide bonds. The van der Waals surface area contributed by atoms with E-state index in [4.69, 9.17) is 9.26 Å². The number of hydrogen-bond acceptors (Lipinski definition) is 5. The van der Waals surface area contributed by atoms with Gasteiger partial charge in [-0.25, -0.2) is 0 Å². The molecule has 1 aliphatic heterocycles. The Balaban J connectivity index is 1.77. The van der Waals surface area contributed by atoms with E-state index in [1.165, 1.54) is 0 Å². The number of benzene rings is 1. The first kappa shape index (κ1) is 17.0. The van der Waals surface area contributed by atoms with Gasteiger partial charge in [-0.15, -0.1) is 0 Å². The Morgan fingerprint density at radius 2 is 2.12 bits per heavy atom. The van der Waals surface area contributed by atoms with Crippen LogP contribution < -0.4 is 10.1 Å². The predicted octanol–water partition coefficient (Wildman–Crippen LogP) is 2.54. The fraction of sp³-hybridized carbons (Fsp3) is 0.389. The van der Waals surface area contributed by atoms with Gasteiger partial charge in [-0.1, -0.05) is 11.2 Å². The minimum Gasteiger partial charge on any atom is -0.495 e. The SMILES string of the molecule is COc1ccc(C)cc1NC(=O)C1CCCN1C(=O)c1cc(C)on1. The van der Waals surface area contributed by atoms with Crippen LogP contribution in [0.1, 0.15) is 34.7 Å². The van der Waals surface area contributed by atoms with Crippen molar-refractivity contribution >= 4 is 17.5 Å². The molecule has 1 aliphatic rings. The van der Waals surface area contributed by atoms with E-state index >= 15 is 0 Å². The third-order valence-electron chi connectivity index (χ3n) is 4.28. The molecule has 1 fully saturated rings. The Hall–Kier alpha value is -2.83. The van der Waals surface area contributed by atoms with Gasteiger partial charge < -0.3 is 19.5 Å². The molecule has 1 atom stereocenters. The number of aromatic nitrogens is 1. The minimum atomic E-state index is -0.533. The molecule has 1 N–H and O–H groups in total. The number of amides is 2. The first-order valence-corrected chi connectivity index (χ1v) is 8.19. The molecule has 7 heteroatoms. The van der Waals surface area contributed by atoms with E-state index in [1.54, 1.807) is 31.1 Å². The number of carbonyl (C=O) groups excluding carboxylic acids is 2. The molecular formula is C18H21N3O4. The van der Waals surface area contributed by atoms with E-state index in [-0.39, 0.29) is 17.5 Å². The Bertz CT molecular complexity index is 799. The zero-order valence-electron chi connectivity index (χ0n) is 14.5. The maximum atomic E-state index is 12.7. The van der Waals surface area contributed by atoms with Crippen molar-refractivity contribution in [3.8, 4) is 5.75 Å². The normalized spacial score (nSPS) is 16.8. The van der Waals surface area contributed by atoms with Crippen LogP contribution in [0.5, 0.6) is 5.75 Å². The van der Waals surface area contributed by atoms with Crippen molar-refractivity contribution in [3.63, 3.8) is 0 Å². The second kappa shape index (κ2) is 6.96. The lowest BCUT2D eigenvalue weighted by Gasteiger charge is -2.23. The van der Waals surface area contributed by atoms with E-state index in [2.05, 4.69) is 10.5 Å². The lowest BCUT2D eigenvalue weighted by atomic mass is 10.1. The number of likely N-dealkylation sites (tertiary alicyclic amines) is 1. The number of rotatable bonds is 4. The van der Waals surface area contributed by atoms with Gasteiger partial charge in [0.25, 0.3) is 5.91 Å². The van der Waals surface area contributed by atoms with Crippen molar-refractivity contribution in [2.75, 3.05) is 19.0 Å². The van der Waals surface area contributed by atoms with Crippen LogP contribution >= 0.6 is 0 Å². The number of carbonyl (C=O) groups is 2. The molecule has 0 aliphatic carbocycles. The standard InChI is InChI=1S/C18H21N3O4/c1-11-6-7-16(24-3)13(9-11)19-17(22)15-5-4-8-21(15)18(23)14-10-12(2)25-20-14/h6-7,9-10,15H,4-5,8H2,1-3H3,(H,19,22). The molecule has 1 aromatic heterocycles. The molecular weight excluding hydrogens is 322 g/mol. The molecule has 7 nitrogen and oxygen atoms in total. The van der Waals surface area contributed by atoms with Crippen molar-refractivity contribution in [1.82, 2.24) is 10.1 Å². The second-order valence-corrected chi connectivity index (χ2v) is 6.17. The zero-order chi connectivity index (χ0) is 18.0. The molecule has 0 saturated carbocycles. The first-order chi connectivity index (χ1) is 12.0. The van der Waals surface area contributed by atoms with Crippen molar-refractivity contribution in [2.45, 2.75) is 32.7 Å². The molecule has 25 heavy (non-hydrogen) atoms. The Labute approximate surface area is 145 Å². The maximum absolute atomic E-state index is 12.7. The molecule has 2 aromatic rings. The minimum absolute atomic E-state index is 0.227. The van der Waals surface area contributed by atoms with Crippen LogP contribution in [-0.4, -0.2) is 41.6 Å². The van der Waals surface area contributed by atoms with Gasteiger partial charge in [0.1, 0.15) is 17.6 Å². The van der Waals surface area contributed by atoms with Gasteiger partial charge in [0.2, 0.25) is 5.91 Å². The van der Waals surface area contributed by atoms with Gasteiger partial charge in [0.15, 0.2) is 5.69 Å². The van der Waals surface area contributed by atoms with E-state index < -0.39 is 6.04 Å². The molecule has 0 bridgehead atoms. The molecule has 1 saturated heterocycles. The lowest BCUT2D eigenvalue weighted by Crippen LogP contribution is -2.43. The average Bonchev–Trinajstić information content (AvgIpc) is 3.23. The number of aryl methyl sites for hydroxylation is 2. The second-order valence-electron chi connectivity index (χ2n) is 6.17. The van der Waals surface area contributed by atoms with Crippen LogP contribution in [-0.2, 0) is 4.79 Å². The van der Waals surface area contributed by atoms with E-state index in [1.807, 2.05) is 19.1 Å². The average molecular weight is 343 g/mol.